The van der Waals surface area contributed by atoms with Gasteiger partial charge < -0.3 is 14.8 Å². The van der Waals surface area contributed by atoms with Gasteiger partial charge in [0, 0.05) is 5.69 Å². The Morgan fingerprint density at radius 2 is 1.78 bits per heavy atom. The molecule has 0 radical (unpaired) electrons. The van der Waals surface area contributed by atoms with Gasteiger partial charge in [-0.1, -0.05) is 24.3 Å². The zero-order valence-electron chi connectivity index (χ0n) is 12.9. The highest BCUT2D eigenvalue weighted by Gasteiger charge is 2.10. The number of ether oxygens (including phenoxy) is 2. The first-order valence-electron chi connectivity index (χ1n) is 6.88. The molecule has 2 aromatic rings. The number of amides is 1. The second kappa shape index (κ2) is 7.66. The summed E-state index contributed by atoms with van der Waals surface area (Å²) < 4.78 is 10.4. The van der Waals surface area contributed by atoms with E-state index in [1.807, 2.05) is 12.1 Å². The Balaban J connectivity index is 2.25. The maximum atomic E-state index is 12.2. The topological polar surface area (TPSA) is 71.3 Å². The molecule has 0 saturated carbocycles. The monoisotopic (exact) mass is 308 g/mol. The number of carbonyl (C=O) groups excluding carboxylic acids is 1. The van der Waals surface area contributed by atoms with E-state index < -0.39 is 5.91 Å². The second-order valence-corrected chi connectivity index (χ2v) is 4.60. The molecule has 5 heteroatoms. The van der Waals surface area contributed by atoms with Crippen molar-refractivity contribution in [3.05, 3.63) is 59.7 Å². The molecule has 0 heterocycles. The molecule has 0 aliphatic carbocycles. The SMILES string of the molecule is COc1ccc(C=C(C#N)C(=O)Nc2ccccc2)cc1OC. The van der Waals surface area contributed by atoms with Crippen molar-refractivity contribution in [2.75, 3.05) is 19.5 Å². The third-order valence-electron chi connectivity index (χ3n) is 3.12. The Morgan fingerprint density at radius 1 is 1.09 bits per heavy atom. The van der Waals surface area contributed by atoms with Gasteiger partial charge in [-0.3, -0.25) is 4.79 Å². The molecular formula is C18H16N2O3. The fraction of sp³-hybridized carbons (Fsp3) is 0.111. The van der Waals surface area contributed by atoms with Crippen molar-refractivity contribution in [1.82, 2.24) is 0 Å². The Kier molecular flexibility index (Phi) is 5.37. The molecule has 0 unspecified atom stereocenters. The minimum Gasteiger partial charge on any atom is -0.493 e. The molecule has 1 amide bonds. The largest absolute Gasteiger partial charge is 0.493 e. The second-order valence-electron chi connectivity index (χ2n) is 4.60. The van der Waals surface area contributed by atoms with Crippen LogP contribution in [0.1, 0.15) is 5.56 Å². The summed E-state index contributed by atoms with van der Waals surface area (Å²) in [6.07, 6.45) is 1.50. The Morgan fingerprint density at radius 3 is 2.39 bits per heavy atom. The smallest absolute Gasteiger partial charge is 0.266 e. The summed E-state index contributed by atoms with van der Waals surface area (Å²) >= 11 is 0. The van der Waals surface area contributed by atoms with Crippen LogP contribution in [0.25, 0.3) is 6.08 Å². The summed E-state index contributed by atoms with van der Waals surface area (Å²) in [5.41, 5.74) is 1.30. The summed E-state index contributed by atoms with van der Waals surface area (Å²) in [4.78, 5) is 12.2. The van der Waals surface area contributed by atoms with Gasteiger partial charge in [0.1, 0.15) is 11.6 Å². The van der Waals surface area contributed by atoms with Crippen LogP contribution in [0.2, 0.25) is 0 Å². The number of nitriles is 1. The molecule has 5 nitrogen and oxygen atoms in total. The van der Waals surface area contributed by atoms with E-state index in [1.54, 1.807) is 49.6 Å². The average Bonchev–Trinajstić information content (AvgIpc) is 2.60. The Bertz CT molecular complexity index is 762. The Hall–Kier alpha value is -3.26. The molecular weight excluding hydrogens is 292 g/mol. The average molecular weight is 308 g/mol. The summed E-state index contributed by atoms with van der Waals surface area (Å²) in [7, 11) is 3.07. The van der Waals surface area contributed by atoms with E-state index in [1.165, 1.54) is 13.2 Å². The van der Waals surface area contributed by atoms with Gasteiger partial charge in [0.15, 0.2) is 11.5 Å². The number of methoxy groups -OCH3 is 2. The van der Waals surface area contributed by atoms with Crippen molar-refractivity contribution in [3.8, 4) is 17.6 Å². The van der Waals surface area contributed by atoms with Crippen LogP contribution in [-0.4, -0.2) is 20.1 Å². The molecule has 0 spiro atoms. The van der Waals surface area contributed by atoms with Gasteiger partial charge in [0.25, 0.3) is 5.91 Å². The third kappa shape index (κ3) is 4.11. The number of carbonyl (C=O) groups is 1. The highest BCUT2D eigenvalue weighted by Crippen LogP contribution is 2.28. The molecule has 0 aromatic heterocycles. The molecule has 0 bridgehead atoms. The first-order chi connectivity index (χ1) is 11.2. The Labute approximate surface area is 134 Å². The number of benzene rings is 2. The van der Waals surface area contributed by atoms with Crippen LogP contribution in [0.3, 0.4) is 0 Å². The fourth-order valence-corrected chi connectivity index (χ4v) is 1.98. The number of nitrogens with zero attached hydrogens (tertiary/aromatic N) is 1. The molecule has 0 aliphatic heterocycles. The lowest BCUT2D eigenvalue weighted by Crippen LogP contribution is -2.13. The van der Waals surface area contributed by atoms with Gasteiger partial charge in [-0.2, -0.15) is 5.26 Å². The van der Waals surface area contributed by atoms with Gasteiger partial charge in [-0.05, 0) is 35.9 Å². The van der Waals surface area contributed by atoms with E-state index in [9.17, 15) is 10.1 Å². The van der Waals surface area contributed by atoms with Crippen molar-refractivity contribution >= 4 is 17.7 Å². The summed E-state index contributed by atoms with van der Waals surface area (Å²) in [5, 5.41) is 11.9. The highest BCUT2D eigenvalue weighted by molar-refractivity contribution is 6.09. The predicted octanol–water partition coefficient (Wildman–Crippen LogP) is 3.25. The maximum absolute atomic E-state index is 12.2. The van der Waals surface area contributed by atoms with E-state index in [-0.39, 0.29) is 5.57 Å². The van der Waals surface area contributed by atoms with E-state index in [4.69, 9.17) is 9.47 Å². The zero-order chi connectivity index (χ0) is 16.7. The van der Waals surface area contributed by atoms with Crippen molar-refractivity contribution < 1.29 is 14.3 Å². The number of hydrogen-bond acceptors (Lipinski definition) is 4. The lowest BCUT2D eigenvalue weighted by Gasteiger charge is -2.08. The summed E-state index contributed by atoms with van der Waals surface area (Å²) in [5.74, 6) is 0.646. The van der Waals surface area contributed by atoms with Crippen LogP contribution < -0.4 is 14.8 Å². The normalized spacial score (nSPS) is 10.6. The molecule has 0 atom stereocenters. The first-order valence-corrected chi connectivity index (χ1v) is 6.88. The number of para-hydroxylation sites is 1. The van der Waals surface area contributed by atoms with Crippen LogP contribution >= 0.6 is 0 Å². The summed E-state index contributed by atoms with van der Waals surface area (Å²) in [6, 6.07) is 16.0. The lowest BCUT2D eigenvalue weighted by molar-refractivity contribution is -0.112. The molecule has 0 fully saturated rings. The minimum absolute atomic E-state index is 0.000993. The molecule has 1 N–H and O–H groups in total. The molecule has 2 rings (SSSR count). The van der Waals surface area contributed by atoms with Gasteiger partial charge in [0.05, 0.1) is 14.2 Å². The lowest BCUT2D eigenvalue weighted by atomic mass is 10.1. The molecule has 23 heavy (non-hydrogen) atoms. The number of nitrogens with one attached hydrogen (secondary N) is 1. The van der Waals surface area contributed by atoms with Crippen molar-refractivity contribution in [1.29, 1.82) is 5.26 Å². The standard InChI is InChI=1S/C18H16N2O3/c1-22-16-9-8-13(11-17(16)23-2)10-14(12-19)18(21)20-15-6-4-3-5-7-15/h3-11H,1-2H3,(H,20,21). The van der Waals surface area contributed by atoms with Crippen LogP contribution in [0.5, 0.6) is 11.5 Å². The van der Waals surface area contributed by atoms with Crippen LogP contribution in [-0.2, 0) is 4.79 Å². The van der Waals surface area contributed by atoms with E-state index in [2.05, 4.69) is 5.32 Å². The highest BCUT2D eigenvalue weighted by atomic mass is 16.5. The third-order valence-corrected chi connectivity index (χ3v) is 3.12. The predicted molar refractivity (Wildman–Crippen MR) is 88.2 cm³/mol. The molecule has 2 aromatic carbocycles. The van der Waals surface area contributed by atoms with Crippen molar-refractivity contribution in [3.63, 3.8) is 0 Å². The van der Waals surface area contributed by atoms with Gasteiger partial charge in [-0.15, -0.1) is 0 Å². The fourth-order valence-electron chi connectivity index (χ4n) is 1.98. The number of rotatable bonds is 5. The number of hydrogen-bond donors (Lipinski definition) is 1. The van der Waals surface area contributed by atoms with Crippen LogP contribution in [0, 0.1) is 11.3 Å². The quantitative estimate of drug-likeness (QED) is 0.680. The van der Waals surface area contributed by atoms with E-state index in [0.717, 1.165) is 0 Å². The van der Waals surface area contributed by atoms with Crippen LogP contribution in [0.15, 0.2) is 54.1 Å². The minimum atomic E-state index is -0.464. The van der Waals surface area contributed by atoms with E-state index in [0.29, 0.717) is 22.7 Å². The van der Waals surface area contributed by atoms with Crippen LogP contribution in [0.4, 0.5) is 5.69 Å². The van der Waals surface area contributed by atoms with Gasteiger partial charge >= 0.3 is 0 Å². The van der Waals surface area contributed by atoms with Gasteiger partial charge in [-0.25, -0.2) is 0 Å². The first kappa shape index (κ1) is 16.1. The number of anilines is 1. The molecule has 0 aliphatic rings. The maximum Gasteiger partial charge on any atom is 0.266 e. The van der Waals surface area contributed by atoms with Gasteiger partial charge in [0.2, 0.25) is 0 Å². The molecule has 116 valence electrons. The zero-order valence-corrected chi connectivity index (χ0v) is 12.9. The summed E-state index contributed by atoms with van der Waals surface area (Å²) in [6.45, 7) is 0. The van der Waals surface area contributed by atoms with Crippen molar-refractivity contribution in [2.24, 2.45) is 0 Å². The van der Waals surface area contributed by atoms with Crippen molar-refractivity contribution in [2.45, 2.75) is 0 Å². The van der Waals surface area contributed by atoms with E-state index >= 15 is 0 Å². The molecule has 0 saturated heterocycles.